The molecule has 0 saturated heterocycles. The van der Waals surface area contributed by atoms with Crippen molar-refractivity contribution in [1.29, 1.82) is 0 Å². The molecule has 0 radical (unpaired) electrons. The molecule has 1 saturated carbocycles. The van der Waals surface area contributed by atoms with Gasteiger partial charge in [0.2, 0.25) is 5.91 Å². The number of H-pyrrole nitrogens is 1. The number of aromatic amines is 1. The third kappa shape index (κ3) is 2.37. The van der Waals surface area contributed by atoms with E-state index in [-0.39, 0.29) is 17.2 Å². The molecular weight excluding hydrogens is 190 g/mol. The molecule has 1 aromatic rings. The maximum Gasteiger partial charge on any atom is 0.223 e. The number of carbonyl (C=O) groups excluding carboxylic acids is 1. The normalized spacial score (nSPS) is 22.4. The lowest BCUT2D eigenvalue weighted by molar-refractivity contribution is -0.122. The molecule has 0 aliphatic heterocycles. The van der Waals surface area contributed by atoms with E-state index in [1.54, 1.807) is 12.4 Å². The molecule has 0 bridgehead atoms. The lowest BCUT2D eigenvalue weighted by atomic mass is 10.1. The molecular formula is C11H17N3O. The number of rotatable bonds is 4. The summed E-state index contributed by atoms with van der Waals surface area (Å²) in [5, 5.41) is 2.94. The molecule has 1 aromatic heterocycles. The molecule has 1 aliphatic rings. The fraction of sp³-hybridized carbons (Fsp3) is 0.636. The number of nitrogens with one attached hydrogen (secondary N) is 2. The van der Waals surface area contributed by atoms with Crippen molar-refractivity contribution < 1.29 is 4.79 Å². The van der Waals surface area contributed by atoms with Crippen molar-refractivity contribution in [3.05, 3.63) is 18.2 Å². The Kier molecular flexibility index (Phi) is 2.50. The van der Waals surface area contributed by atoms with Crippen molar-refractivity contribution in [2.75, 3.05) is 6.54 Å². The van der Waals surface area contributed by atoms with Gasteiger partial charge in [-0.1, -0.05) is 13.8 Å². The van der Waals surface area contributed by atoms with Gasteiger partial charge in [-0.05, 0) is 11.8 Å². The van der Waals surface area contributed by atoms with Gasteiger partial charge in [-0.2, -0.15) is 0 Å². The zero-order valence-corrected chi connectivity index (χ0v) is 9.21. The van der Waals surface area contributed by atoms with Gasteiger partial charge in [-0.15, -0.1) is 0 Å². The molecule has 1 unspecified atom stereocenters. The summed E-state index contributed by atoms with van der Waals surface area (Å²) in [6, 6.07) is 0. The second-order valence-electron chi connectivity index (χ2n) is 4.82. The van der Waals surface area contributed by atoms with Crippen LogP contribution in [0.2, 0.25) is 0 Å². The molecule has 82 valence electrons. The van der Waals surface area contributed by atoms with Crippen LogP contribution < -0.4 is 5.32 Å². The Balaban J connectivity index is 1.69. The zero-order valence-electron chi connectivity index (χ0n) is 9.21. The Morgan fingerprint density at radius 2 is 2.47 bits per heavy atom. The molecule has 1 atom stereocenters. The summed E-state index contributed by atoms with van der Waals surface area (Å²) in [5.74, 6) is 1.33. The predicted octanol–water partition coefficient (Wildman–Crippen LogP) is 1.11. The fourth-order valence-corrected chi connectivity index (χ4v) is 1.78. The second-order valence-corrected chi connectivity index (χ2v) is 4.82. The number of carbonyl (C=O) groups is 1. The lowest BCUT2D eigenvalue weighted by Gasteiger charge is -2.05. The van der Waals surface area contributed by atoms with Crippen LogP contribution in [0.1, 0.15) is 26.1 Å². The minimum absolute atomic E-state index is 0.187. The first kappa shape index (κ1) is 10.2. The average Bonchev–Trinajstić information content (AvgIpc) is 2.65. The largest absolute Gasteiger partial charge is 0.355 e. The van der Waals surface area contributed by atoms with Gasteiger partial charge in [-0.3, -0.25) is 4.79 Å². The summed E-state index contributed by atoms with van der Waals surface area (Å²) in [6.07, 6.45) is 5.30. The minimum Gasteiger partial charge on any atom is -0.355 e. The predicted molar refractivity (Wildman–Crippen MR) is 57.2 cm³/mol. The number of amides is 1. The smallest absolute Gasteiger partial charge is 0.223 e. The van der Waals surface area contributed by atoms with Crippen molar-refractivity contribution in [3.8, 4) is 0 Å². The molecule has 1 aliphatic carbocycles. The van der Waals surface area contributed by atoms with Gasteiger partial charge in [0, 0.05) is 31.3 Å². The van der Waals surface area contributed by atoms with Crippen molar-refractivity contribution >= 4 is 5.91 Å². The van der Waals surface area contributed by atoms with Crippen molar-refractivity contribution in [2.45, 2.75) is 26.7 Å². The third-order valence-electron chi connectivity index (χ3n) is 3.05. The average molecular weight is 207 g/mol. The number of aromatic nitrogens is 2. The maximum atomic E-state index is 11.6. The summed E-state index contributed by atoms with van der Waals surface area (Å²) >= 11 is 0. The van der Waals surface area contributed by atoms with Crippen LogP contribution in [0.4, 0.5) is 0 Å². The molecule has 2 N–H and O–H groups in total. The van der Waals surface area contributed by atoms with E-state index in [1.807, 2.05) is 0 Å². The Morgan fingerprint density at radius 1 is 1.73 bits per heavy atom. The molecule has 4 nitrogen and oxygen atoms in total. The molecule has 1 heterocycles. The standard InChI is InChI=1S/C11H17N3O/c1-11(2)7-8(11)10(15)14-4-3-9-12-5-6-13-9/h5-6,8H,3-4,7H2,1-2H3,(H,12,13)(H,14,15). The van der Waals surface area contributed by atoms with Crippen molar-refractivity contribution in [2.24, 2.45) is 11.3 Å². The number of imidazole rings is 1. The van der Waals surface area contributed by atoms with E-state index in [1.165, 1.54) is 0 Å². The fourth-order valence-electron chi connectivity index (χ4n) is 1.78. The quantitative estimate of drug-likeness (QED) is 0.777. The molecule has 1 fully saturated rings. The van der Waals surface area contributed by atoms with Gasteiger partial charge < -0.3 is 10.3 Å². The molecule has 0 spiro atoms. The summed E-state index contributed by atoms with van der Waals surface area (Å²) in [6.45, 7) is 4.92. The van der Waals surface area contributed by atoms with Crippen LogP contribution in [0.25, 0.3) is 0 Å². The third-order valence-corrected chi connectivity index (χ3v) is 3.05. The van der Waals surface area contributed by atoms with E-state index >= 15 is 0 Å². The van der Waals surface area contributed by atoms with Crippen LogP contribution in [0.5, 0.6) is 0 Å². The topological polar surface area (TPSA) is 57.8 Å². The van der Waals surface area contributed by atoms with Gasteiger partial charge in [0.15, 0.2) is 0 Å². The highest BCUT2D eigenvalue weighted by Crippen LogP contribution is 2.51. The van der Waals surface area contributed by atoms with E-state index in [0.717, 1.165) is 18.7 Å². The number of hydrogen-bond acceptors (Lipinski definition) is 2. The summed E-state index contributed by atoms with van der Waals surface area (Å²) in [7, 11) is 0. The lowest BCUT2D eigenvalue weighted by Crippen LogP contribution is -2.28. The Labute approximate surface area is 89.5 Å². The van der Waals surface area contributed by atoms with Crippen molar-refractivity contribution in [3.63, 3.8) is 0 Å². The van der Waals surface area contributed by atoms with Crippen molar-refractivity contribution in [1.82, 2.24) is 15.3 Å². The Hall–Kier alpha value is -1.32. The summed E-state index contributed by atoms with van der Waals surface area (Å²) in [5.41, 5.74) is 0.217. The monoisotopic (exact) mass is 207 g/mol. The zero-order chi connectivity index (χ0) is 10.9. The highest BCUT2D eigenvalue weighted by Gasteiger charge is 2.50. The van der Waals surface area contributed by atoms with Gasteiger partial charge in [-0.25, -0.2) is 4.98 Å². The van der Waals surface area contributed by atoms with E-state index in [0.29, 0.717) is 6.54 Å². The number of hydrogen-bond donors (Lipinski definition) is 2. The van der Waals surface area contributed by atoms with Gasteiger partial charge in [0.1, 0.15) is 5.82 Å². The Morgan fingerprint density at radius 3 is 3.00 bits per heavy atom. The van der Waals surface area contributed by atoms with Crippen LogP contribution in [-0.2, 0) is 11.2 Å². The molecule has 1 amide bonds. The van der Waals surface area contributed by atoms with Gasteiger partial charge in [0.05, 0.1) is 0 Å². The first-order valence-electron chi connectivity index (χ1n) is 5.35. The van der Waals surface area contributed by atoms with Gasteiger partial charge in [0.25, 0.3) is 0 Å². The van der Waals surface area contributed by atoms with Crippen LogP contribution in [0.15, 0.2) is 12.4 Å². The molecule has 4 heteroatoms. The van der Waals surface area contributed by atoms with Crippen LogP contribution in [0, 0.1) is 11.3 Å². The molecule has 0 aromatic carbocycles. The second kappa shape index (κ2) is 3.68. The van der Waals surface area contributed by atoms with E-state index < -0.39 is 0 Å². The highest BCUT2D eigenvalue weighted by atomic mass is 16.2. The maximum absolute atomic E-state index is 11.6. The minimum atomic E-state index is 0.187. The van der Waals surface area contributed by atoms with Crippen LogP contribution >= 0.6 is 0 Å². The van der Waals surface area contributed by atoms with E-state index in [4.69, 9.17) is 0 Å². The van der Waals surface area contributed by atoms with E-state index in [2.05, 4.69) is 29.1 Å². The first-order chi connectivity index (χ1) is 7.09. The molecule has 15 heavy (non-hydrogen) atoms. The SMILES string of the molecule is CC1(C)CC1C(=O)NCCc1ncc[nH]1. The first-order valence-corrected chi connectivity index (χ1v) is 5.35. The van der Waals surface area contributed by atoms with Gasteiger partial charge >= 0.3 is 0 Å². The highest BCUT2D eigenvalue weighted by molar-refractivity contribution is 5.82. The van der Waals surface area contributed by atoms with Crippen LogP contribution in [0.3, 0.4) is 0 Å². The summed E-state index contributed by atoms with van der Waals surface area (Å²) in [4.78, 5) is 18.7. The van der Waals surface area contributed by atoms with E-state index in [9.17, 15) is 4.79 Å². The summed E-state index contributed by atoms with van der Waals surface area (Å²) < 4.78 is 0. The number of nitrogens with zero attached hydrogens (tertiary/aromatic N) is 1. The Bertz CT molecular complexity index is 343. The molecule has 2 rings (SSSR count). The van der Waals surface area contributed by atoms with Crippen LogP contribution in [-0.4, -0.2) is 22.4 Å².